The van der Waals surface area contributed by atoms with Gasteiger partial charge in [0.05, 0.1) is 6.54 Å². The van der Waals surface area contributed by atoms with E-state index in [4.69, 9.17) is 11.5 Å². The van der Waals surface area contributed by atoms with Crippen molar-refractivity contribution in [2.45, 2.75) is 4.21 Å². The molecule has 8 heteroatoms. The molecule has 0 saturated heterocycles. The molecule has 1 heterocycles. The minimum atomic E-state index is -3.39. The van der Waals surface area contributed by atoms with Gasteiger partial charge in [0.2, 0.25) is 0 Å². The van der Waals surface area contributed by atoms with E-state index in [9.17, 15) is 8.42 Å². The third-order valence-corrected chi connectivity index (χ3v) is 5.10. The topological polar surface area (TPSA) is 102 Å². The van der Waals surface area contributed by atoms with E-state index >= 15 is 0 Å². The Labute approximate surface area is 98.6 Å². The fraction of sp³-hybridized carbons (Fsp3) is 0.375. The van der Waals surface area contributed by atoms with Crippen molar-refractivity contribution < 1.29 is 8.42 Å². The van der Waals surface area contributed by atoms with Gasteiger partial charge in [0.25, 0.3) is 10.0 Å². The molecule has 0 atom stereocenters. The number of nitrogens with two attached hydrogens (primary N) is 2. The summed E-state index contributed by atoms with van der Waals surface area (Å²) in [5.74, 6) is -0.0399. The van der Waals surface area contributed by atoms with Gasteiger partial charge in [-0.1, -0.05) is 6.07 Å². The SMILES string of the molecule is CN(CCN=C(N)N)S(=O)(=O)c1cccs1. The van der Waals surface area contributed by atoms with E-state index in [-0.39, 0.29) is 19.0 Å². The zero-order chi connectivity index (χ0) is 12.2. The molecule has 0 radical (unpaired) electrons. The van der Waals surface area contributed by atoms with E-state index in [1.807, 2.05) is 0 Å². The highest BCUT2D eigenvalue weighted by Gasteiger charge is 2.20. The maximum atomic E-state index is 11.9. The summed E-state index contributed by atoms with van der Waals surface area (Å²) < 4.78 is 25.3. The normalized spacial score (nSPS) is 11.6. The van der Waals surface area contributed by atoms with Gasteiger partial charge < -0.3 is 11.5 Å². The van der Waals surface area contributed by atoms with Crippen LogP contribution in [0, 0.1) is 0 Å². The Kier molecular flexibility index (Phi) is 4.27. The van der Waals surface area contributed by atoms with Crippen LogP contribution in [0.25, 0.3) is 0 Å². The number of guanidine groups is 1. The number of rotatable bonds is 5. The molecule has 0 bridgehead atoms. The first-order valence-corrected chi connectivity index (χ1v) is 6.82. The average Bonchev–Trinajstić information content (AvgIpc) is 2.69. The highest BCUT2D eigenvalue weighted by Crippen LogP contribution is 2.19. The first-order valence-electron chi connectivity index (χ1n) is 4.50. The molecule has 1 rings (SSSR count). The highest BCUT2D eigenvalue weighted by molar-refractivity contribution is 7.91. The van der Waals surface area contributed by atoms with E-state index in [1.165, 1.54) is 22.7 Å². The molecule has 16 heavy (non-hydrogen) atoms. The average molecular weight is 262 g/mol. The highest BCUT2D eigenvalue weighted by atomic mass is 32.2. The number of hydrogen-bond acceptors (Lipinski definition) is 4. The number of nitrogens with zero attached hydrogens (tertiary/aromatic N) is 2. The number of aliphatic imine (C=N–C) groups is 1. The molecule has 4 N–H and O–H groups in total. The van der Waals surface area contributed by atoms with Crippen LogP contribution < -0.4 is 11.5 Å². The zero-order valence-electron chi connectivity index (χ0n) is 8.83. The van der Waals surface area contributed by atoms with Gasteiger partial charge in [0.1, 0.15) is 4.21 Å². The van der Waals surface area contributed by atoms with Crippen LogP contribution in [0.15, 0.2) is 26.7 Å². The fourth-order valence-corrected chi connectivity index (χ4v) is 3.37. The molecule has 0 aromatic carbocycles. The molecule has 0 aliphatic heterocycles. The lowest BCUT2D eigenvalue weighted by molar-refractivity contribution is 0.478. The first-order chi connectivity index (χ1) is 7.44. The summed E-state index contributed by atoms with van der Waals surface area (Å²) in [6.45, 7) is 0.502. The number of sulfonamides is 1. The van der Waals surface area contributed by atoms with Gasteiger partial charge in [0.15, 0.2) is 5.96 Å². The number of hydrogen-bond donors (Lipinski definition) is 2. The predicted molar refractivity (Wildman–Crippen MR) is 64.8 cm³/mol. The van der Waals surface area contributed by atoms with Gasteiger partial charge >= 0.3 is 0 Å². The molecule has 0 saturated carbocycles. The predicted octanol–water partition coefficient (Wildman–Crippen LogP) is -0.358. The molecule has 0 fully saturated rings. The third-order valence-electron chi connectivity index (χ3n) is 1.87. The van der Waals surface area contributed by atoms with E-state index in [0.717, 1.165) is 0 Å². The van der Waals surface area contributed by atoms with E-state index in [2.05, 4.69) is 4.99 Å². The molecule has 0 aliphatic carbocycles. The largest absolute Gasteiger partial charge is 0.370 e. The van der Waals surface area contributed by atoms with Crippen LogP contribution in [0.2, 0.25) is 0 Å². The van der Waals surface area contributed by atoms with Crippen molar-refractivity contribution in [3.8, 4) is 0 Å². The summed E-state index contributed by atoms with van der Waals surface area (Å²) >= 11 is 1.18. The van der Waals surface area contributed by atoms with Gasteiger partial charge in [-0.15, -0.1) is 11.3 Å². The minimum absolute atomic E-state index is 0.0399. The van der Waals surface area contributed by atoms with E-state index in [1.54, 1.807) is 17.5 Å². The standard InChI is InChI=1S/C8H14N4O2S2/c1-12(5-4-11-8(9)10)16(13,14)7-3-2-6-15-7/h2-3,6H,4-5H2,1H3,(H4,9,10,11). The second kappa shape index (κ2) is 5.28. The Hall–Kier alpha value is -1.12. The van der Waals surface area contributed by atoms with Crippen LogP contribution in [-0.4, -0.2) is 38.8 Å². The van der Waals surface area contributed by atoms with Crippen molar-refractivity contribution in [3.63, 3.8) is 0 Å². The van der Waals surface area contributed by atoms with Crippen LogP contribution in [-0.2, 0) is 10.0 Å². The second-order valence-corrected chi connectivity index (χ2v) is 6.28. The molecule has 0 amide bonds. The van der Waals surface area contributed by atoms with Crippen molar-refractivity contribution in [1.29, 1.82) is 0 Å². The Balaban J connectivity index is 2.67. The van der Waals surface area contributed by atoms with Gasteiger partial charge in [-0.2, -0.15) is 4.31 Å². The molecule has 1 aromatic heterocycles. The molecule has 1 aromatic rings. The van der Waals surface area contributed by atoms with E-state index in [0.29, 0.717) is 4.21 Å². The van der Waals surface area contributed by atoms with Gasteiger partial charge in [0, 0.05) is 13.6 Å². The molecule has 0 unspecified atom stereocenters. The van der Waals surface area contributed by atoms with Crippen molar-refractivity contribution in [3.05, 3.63) is 17.5 Å². The first kappa shape index (κ1) is 12.9. The van der Waals surface area contributed by atoms with E-state index < -0.39 is 10.0 Å². The lowest BCUT2D eigenvalue weighted by atomic mass is 10.6. The van der Waals surface area contributed by atoms with Crippen molar-refractivity contribution in [2.24, 2.45) is 16.5 Å². The second-order valence-electron chi connectivity index (χ2n) is 3.07. The number of likely N-dealkylation sites (N-methyl/N-ethyl adjacent to an activating group) is 1. The molecular formula is C8H14N4O2S2. The summed E-state index contributed by atoms with van der Waals surface area (Å²) in [6, 6.07) is 3.26. The summed E-state index contributed by atoms with van der Waals surface area (Å²) in [6.07, 6.45) is 0. The van der Waals surface area contributed by atoms with Crippen LogP contribution in [0.4, 0.5) is 0 Å². The molecule has 6 nitrogen and oxygen atoms in total. The lowest BCUT2D eigenvalue weighted by Crippen LogP contribution is -2.30. The van der Waals surface area contributed by atoms with Crippen LogP contribution in [0.5, 0.6) is 0 Å². The molecule has 0 aliphatic rings. The minimum Gasteiger partial charge on any atom is -0.370 e. The molecular weight excluding hydrogens is 248 g/mol. The lowest BCUT2D eigenvalue weighted by Gasteiger charge is -2.14. The molecule has 90 valence electrons. The maximum Gasteiger partial charge on any atom is 0.252 e. The summed E-state index contributed by atoms with van der Waals surface area (Å²) in [7, 11) is -1.90. The monoisotopic (exact) mass is 262 g/mol. The fourth-order valence-electron chi connectivity index (χ4n) is 1.00. The Morgan fingerprint density at radius 3 is 2.75 bits per heavy atom. The molecule has 0 spiro atoms. The van der Waals surface area contributed by atoms with Gasteiger partial charge in [-0.3, -0.25) is 4.99 Å². The van der Waals surface area contributed by atoms with Crippen molar-refractivity contribution in [1.82, 2.24) is 4.31 Å². The van der Waals surface area contributed by atoms with Crippen LogP contribution in [0.3, 0.4) is 0 Å². The smallest absolute Gasteiger partial charge is 0.252 e. The Bertz CT molecular complexity index is 448. The third kappa shape index (κ3) is 3.19. The van der Waals surface area contributed by atoms with Crippen LogP contribution >= 0.6 is 11.3 Å². The zero-order valence-corrected chi connectivity index (χ0v) is 10.5. The maximum absolute atomic E-state index is 11.9. The quantitative estimate of drug-likeness (QED) is 0.559. The Morgan fingerprint density at radius 2 is 2.25 bits per heavy atom. The van der Waals surface area contributed by atoms with Crippen LogP contribution in [0.1, 0.15) is 0 Å². The summed E-state index contributed by atoms with van der Waals surface area (Å²) in [5.41, 5.74) is 10.3. The number of thiophene rings is 1. The van der Waals surface area contributed by atoms with Gasteiger partial charge in [-0.05, 0) is 11.4 Å². The van der Waals surface area contributed by atoms with Crippen molar-refractivity contribution >= 4 is 27.3 Å². The summed E-state index contributed by atoms with van der Waals surface area (Å²) in [5, 5.41) is 1.72. The van der Waals surface area contributed by atoms with Gasteiger partial charge in [-0.25, -0.2) is 8.42 Å². The summed E-state index contributed by atoms with van der Waals surface area (Å²) in [4.78, 5) is 3.73. The van der Waals surface area contributed by atoms with Crippen molar-refractivity contribution in [2.75, 3.05) is 20.1 Å². The Morgan fingerprint density at radius 1 is 1.56 bits per heavy atom.